The smallest absolute Gasteiger partial charge is 0.360 e. The van der Waals surface area contributed by atoms with Gasteiger partial charge in [0.1, 0.15) is 0 Å². The molecule has 0 bridgehead atoms. The number of hydrogen-bond donors (Lipinski definition) is 1. The zero-order valence-corrected chi connectivity index (χ0v) is 8.12. The first-order chi connectivity index (χ1) is 4.24. The average molecular weight is 189 g/mol. The molecule has 0 fully saturated rings. The molecule has 0 unspecified atom stereocenters. The number of hydrogen-bond acceptors (Lipinski definition) is 1. The van der Waals surface area contributed by atoms with Crippen molar-refractivity contribution >= 4 is 0 Å². The van der Waals surface area contributed by atoms with Crippen LogP contribution in [-0.4, -0.2) is 6.54 Å². The van der Waals surface area contributed by atoms with E-state index in [4.69, 9.17) is 5.73 Å². The largest absolute Gasteiger partial charge is 3.00 e. The summed E-state index contributed by atoms with van der Waals surface area (Å²) < 4.78 is 0. The van der Waals surface area contributed by atoms with Crippen LogP contribution in [0.2, 0.25) is 0 Å². The Morgan fingerprint density at radius 2 is 1.00 bits per heavy atom. The second-order valence-corrected chi connectivity index (χ2v) is 1.29. The molecule has 0 aliphatic heterocycles. The zero-order chi connectivity index (χ0) is 8.12. The van der Waals surface area contributed by atoms with Crippen LogP contribution in [0.5, 0.6) is 0 Å². The molecular weight excluding hydrogens is 169 g/mol. The fraction of sp³-hybridized carbons (Fsp3) is 0.625. The molecule has 0 spiro atoms. The number of rotatable bonds is 0. The normalized spacial score (nSPS) is 5.40. The third-order valence-corrected chi connectivity index (χ3v) is 0. The van der Waals surface area contributed by atoms with Crippen molar-refractivity contribution in [3.8, 4) is 0 Å². The van der Waals surface area contributed by atoms with Gasteiger partial charge >= 0.3 is 16.5 Å². The van der Waals surface area contributed by atoms with E-state index in [1.165, 1.54) is 0 Å². The maximum atomic E-state index is 4.74. The van der Waals surface area contributed by atoms with Crippen LogP contribution in [0.3, 0.4) is 0 Å². The van der Waals surface area contributed by atoms with Crippen molar-refractivity contribution < 1.29 is 16.5 Å². The van der Waals surface area contributed by atoms with E-state index in [2.05, 4.69) is 20.8 Å². The SMILES string of the molecule is [CH2-]CC.[CH2-]CC.[CH2-]CN.[Ni+3]. The zero-order valence-electron chi connectivity index (χ0n) is 7.14. The molecule has 0 saturated heterocycles. The Morgan fingerprint density at radius 3 is 1.00 bits per heavy atom. The summed E-state index contributed by atoms with van der Waals surface area (Å²) in [5.41, 5.74) is 4.74. The molecule has 67 valence electrons. The summed E-state index contributed by atoms with van der Waals surface area (Å²) in [4.78, 5) is 0. The molecule has 0 aliphatic carbocycles. The van der Waals surface area contributed by atoms with E-state index < -0.39 is 0 Å². The second-order valence-electron chi connectivity index (χ2n) is 1.29. The van der Waals surface area contributed by atoms with Gasteiger partial charge < -0.3 is 26.5 Å². The van der Waals surface area contributed by atoms with Gasteiger partial charge in [0.25, 0.3) is 0 Å². The minimum atomic E-state index is 0. The predicted molar refractivity (Wildman–Crippen MR) is 45.7 cm³/mol. The summed E-state index contributed by atoms with van der Waals surface area (Å²) in [6.07, 6.45) is 2.00. The Labute approximate surface area is 76.7 Å². The molecule has 10 heavy (non-hydrogen) atoms. The van der Waals surface area contributed by atoms with Crippen LogP contribution in [0.4, 0.5) is 0 Å². The van der Waals surface area contributed by atoms with Gasteiger partial charge in [-0.2, -0.15) is 12.8 Å². The van der Waals surface area contributed by atoms with Gasteiger partial charge in [0.15, 0.2) is 0 Å². The number of nitrogens with two attached hydrogens (primary N) is 1. The van der Waals surface area contributed by atoms with Crippen molar-refractivity contribution in [3.05, 3.63) is 20.8 Å². The molecule has 0 heterocycles. The Hall–Kier alpha value is 0.454. The van der Waals surface area contributed by atoms with Crippen LogP contribution in [0, 0.1) is 20.8 Å². The van der Waals surface area contributed by atoms with E-state index in [9.17, 15) is 0 Å². The molecule has 0 atom stereocenters. The van der Waals surface area contributed by atoms with Crippen LogP contribution < -0.4 is 5.73 Å². The molecule has 0 aromatic carbocycles. The molecule has 0 aromatic heterocycles. The van der Waals surface area contributed by atoms with E-state index in [1.54, 1.807) is 0 Å². The van der Waals surface area contributed by atoms with Crippen molar-refractivity contribution in [1.82, 2.24) is 0 Å². The van der Waals surface area contributed by atoms with Crippen LogP contribution in [0.1, 0.15) is 26.7 Å². The van der Waals surface area contributed by atoms with Crippen LogP contribution in [0.25, 0.3) is 0 Å². The average Bonchev–Trinajstić information content (AvgIpc) is 1.70. The monoisotopic (exact) mass is 188 g/mol. The van der Waals surface area contributed by atoms with Crippen molar-refractivity contribution in [2.24, 2.45) is 5.73 Å². The van der Waals surface area contributed by atoms with E-state index in [0.29, 0.717) is 6.54 Å². The standard InChI is InChI=1S/2C3H7.C2H6N.Ni/c2*1-3-2;1-2-3;/h2*1,3H2,2H3;1-3H2;/q3*-1;+3. The van der Waals surface area contributed by atoms with Crippen LogP contribution >= 0.6 is 0 Å². The molecule has 2 heteroatoms. The first-order valence-corrected chi connectivity index (χ1v) is 3.32. The maximum Gasteiger partial charge on any atom is 3.00 e. The molecule has 0 aliphatic rings. The third-order valence-electron chi connectivity index (χ3n) is 0. The Balaban J connectivity index is -0.0000000257. The summed E-state index contributed by atoms with van der Waals surface area (Å²) in [6, 6.07) is 0. The third kappa shape index (κ3) is 2280. The summed E-state index contributed by atoms with van der Waals surface area (Å²) in [5.74, 6) is 0. The van der Waals surface area contributed by atoms with Crippen LogP contribution in [0.15, 0.2) is 0 Å². The van der Waals surface area contributed by atoms with E-state index >= 15 is 0 Å². The molecular formula is C8H20NNi. The molecule has 1 nitrogen and oxygen atoms in total. The summed E-state index contributed by atoms with van der Waals surface area (Å²) in [5, 5.41) is 0. The Bertz CT molecular complexity index is 14.0. The van der Waals surface area contributed by atoms with Crippen molar-refractivity contribution in [1.29, 1.82) is 0 Å². The predicted octanol–water partition coefficient (Wildman–Crippen LogP) is 2.24. The fourth-order valence-corrected chi connectivity index (χ4v) is 0. The molecule has 2 N–H and O–H groups in total. The van der Waals surface area contributed by atoms with Crippen molar-refractivity contribution in [3.63, 3.8) is 0 Å². The van der Waals surface area contributed by atoms with E-state index in [0.717, 1.165) is 12.8 Å². The first-order valence-electron chi connectivity index (χ1n) is 3.32. The van der Waals surface area contributed by atoms with Gasteiger partial charge in [0.05, 0.1) is 0 Å². The Morgan fingerprint density at radius 1 is 1.00 bits per heavy atom. The van der Waals surface area contributed by atoms with Gasteiger partial charge in [-0.05, 0) is 0 Å². The molecule has 0 amide bonds. The van der Waals surface area contributed by atoms with E-state index in [-0.39, 0.29) is 16.5 Å². The quantitative estimate of drug-likeness (QED) is 0.458. The summed E-state index contributed by atoms with van der Waals surface area (Å²) in [7, 11) is 0. The van der Waals surface area contributed by atoms with Crippen LogP contribution in [-0.2, 0) is 16.5 Å². The summed E-state index contributed by atoms with van der Waals surface area (Å²) in [6.45, 7) is 14.8. The Kier molecular flexibility index (Phi) is 127. The van der Waals surface area contributed by atoms with Gasteiger partial charge in [-0.15, -0.1) is 6.54 Å². The minimum Gasteiger partial charge on any atom is -0.360 e. The minimum absolute atomic E-state index is 0. The molecule has 0 aromatic rings. The second kappa shape index (κ2) is 56.6. The first kappa shape index (κ1) is 22.4. The molecule has 0 saturated carbocycles. The van der Waals surface area contributed by atoms with Gasteiger partial charge in [0.2, 0.25) is 0 Å². The fourth-order valence-electron chi connectivity index (χ4n) is 0. The van der Waals surface area contributed by atoms with Gasteiger partial charge in [-0.25, -0.2) is 0 Å². The maximum absolute atomic E-state index is 4.74. The molecule has 0 rings (SSSR count). The van der Waals surface area contributed by atoms with Gasteiger partial charge in [0, 0.05) is 0 Å². The van der Waals surface area contributed by atoms with E-state index in [1.807, 2.05) is 13.8 Å². The van der Waals surface area contributed by atoms with Crippen molar-refractivity contribution in [2.75, 3.05) is 6.54 Å². The molecule has 1 radical (unpaired) electrons. The van der Waals surface area contributed by atoms with Crippen molar-refractivity contribution in [2.45, 2.75) is 26.7 Å². The van der Waals surface area contributed by atoms with Gasteiger partial charge in [-0.1, -0.05) is 13.8 Å². The van der Waals surface area contributed by atoms with Gasteiger partial charge in [-0.3, -0.25) is 0 Å². The topological polar surface area (TPSA) is 26.0 Å². The summed E-state index contributed by atoms with van der Waals surface area (Å²) >= 11 is 0.